The summed E-state index contributed by atoms with van der Waals surface area (Å²) in [4.78, 5) is 16.0. The molecule has 0 spiro atoms. The quantitative estimate of drug-likeness (QED) is 0.732. The largest absolute Gasteiger partial charge is 0.339 e. The van der Waals surface area contributed by atoms with E-state index in [9.17, 15) is 4.79 Å². The van der Waals surface area contributed by atoms with Crippen LogP contribution in [0, 0.1) is 5.92 Å². The average molecular weight is 280 g/mol. The summed E-state index contributed by atoms with van der Waals surface area (Å²) in [7, 11) is 0. The van der Waals surface area contributed by atoms with Crippen molar-refractivity contribution in [2.45, 2.75) is 20.3 Å². The molecule has 0 aliphatic heterocycles. The zero-order chi connectivity index (χ0) is 14.8. The zero-order valence-corrected chi connectivity index (χ0v) is 12.0. The first-order chi connectivity index (χ1) is 10.1. The van der Waals surface area contributed by atoms with Gasteiger partial charge in [0, 0.05) is 11.5 Å². The Kier molecular flexibility index (Phi) is 3.52. The molecule has 106 valence electrons. The summed E-state index contributed by atoms with van der Waals surface area (Å²) in [5, 5.41) is 6.26. The molecule has 0 N–H and O–H groups in total. The van der Waals surface area contributed by atoms with Gasteiger partial charge in [-0.3, -0.25) is 4.79 Å². The molecule has 0 bridgehead atoms. The molecule has 4 heteroatoms. The van der Waals surface area contributed by atoms with Crippen LogP contribution in [-0.4, -0.2) is 15.9 Å². The van der Waals surface area contributed by atoms with E-state index in [4.69, 9.17) is 4.52 Å². The molecular formula is C17H16N2O2. The summed E-state index contributed by atoms with van der Waals surface area (Å²) in [5.74, 6) is 0.967. The van der Waals surface area contributed by atoms with E-state index in [1.54, 1.807) is 0 Å². The maximum absolute atomic E-state index is 11.7. The van der Waals surface area contributed by atoms with E-state index in [2.05, 4.69) is 16.2 Å². The summed E-state index contributed by atoms with van der Waals surface area (Å²) in [6.07, 6.45) is 0.193. The maximum Gasteiger partial charge on any atom is 0.234 e. The molecule has 3 aromatic rings. The van der Waals surface area contributed by atoms with E-state index in [1.807, 2.05) is 50.2 Å². The van der Waals surface area contributed by atoms with Crippen LogP contribution in [0.4, 0.5) is 0 Å². The summed E-state index contributed by atoms with van der Waals surface area (Å²) >= 11 is 0. The predicted molar refractivity (Wildman–Crippen MR) is 80.8 cm³/mol. The van der Waals surface area contributed by atoms with Crippen molar-refractivity contribution < 1.29 is 9.32 Å². The van der Waals surface area contributed by atoms with E-state index in [-0.39, 0.29) is 18.1 Å². The molecule has 3 rings (SSSR count). The molecule has 0 saturated heterocycles. The smallest absolute Gasteiger partial charge is 0.234 e. The van der Waals surface area contributed by atoms with Gasteiger partial charge >= 0.3 is 0 Å². The minimum absolute atomic E-state index is 0.0268. The van der Waals surface area contributed by atoms with E-state index in [0.29, 0.717) is 11.7 Å². The van der Waals surface area contributed by atoms with E-state index in [1.165, 1.54) is 5.39 Å². The van der Waals surface area contributed by atoms with Gasteiger partial charge in [0.2, 0.25) is 11.7 Å². The van der Waals surface area contributed by atoms with Gasteiger partial charge in [0.25, 0.3) is 0 Å². The highest BCUT2D eigenvalue weighted by Crippen LogP contribution is 2.22. The highest BCUT2D eigenvalue weighted by atomic mass is 16.5. The number of ketones is 1. The van der Waals surface area contributed by atoms with E-state index >= 15 is 0 Å². The molecule has 1 heterocycles. The second kappa shape index (κ2) is 5.48. The number of carbonyl (C=O) groups excluding carboxylic acids is 1. The van der Waals surface area contributed by atoms with Crippen molar-refractivity contribution in [2.24, 2.45) is 5.92 Å². The number of nitrogens with zero attached hydrogens (tertiary/aromatic N) is 2. The lowest BCUT2D eigenvalue weighted by Crippen LogP contribution is -2.10. The van der Waals surface area contributed by atoms with Gasteiger partial charge in [-0.2, -0.15) is 4.98 Å². The first-order valence-electron chi connectivity index (χ1n) is 6.98. The molecule has 0 aliphatic carbocycles. The van der Waals surface area contributed by atoms with Crippen LogP contribution in [0.3, 0.4) is 0 Å². The topological polar surface area (TPSA) is 56.0 Å². The van der Waals surface area contributed by atoms with Crippen LogP contribution in [0.2, 0.25) is 0 Å². The second-order valence-electron chi connectivity index (χ2n) is 5.37. The zero-order valence-electron chi connectivity index (χ0n) is 12.0. The van der Waals surface area contributed by atoms with Gasteiger partial charge in [0.15, 0.2) is 0 Å². The van der Waals surface area contributed by atoms with Crippen molar-refractivity contribution in [3.8, 4) is 11.4 Å². The predicted octanol–water partition coefficient (Wildman–Crippen LogP) is 3.66. The van der Waals surface area contributed by atoms with Gasteiger partial charge in [0.05, 0.1) is 6.42 Å². The van der Waals surface area contributed by atoms with E-state index in [0.717, 1.165) is 10.9 Å². The highest BCUT2D eigenvalue weighted by molar-refractivity contribution is 5.86. The van der Waals surface area contributed by atoms with Gasteiger partial charge in [0.1, 0.15) is 5.78 Å². The fourth-order valence-electron chi connectivity index (χ4n) is 2.13. The molecule has 0 fully saturated rings. The SMILES string of the molecule is CC(C)C(=O)Cc1nc(-c2ccc3ccccc3c2)no1. The van der Waals surface area contributed by atoms with Crippen LogP contribution >= 0.6 is 0 Å². The fraction of sp³-hybridized carbons (Fsp3) is 0.235. The van der Waals surface area contributed by atoms with Crippen LogP contribution < -0.4 is 0 Å². The Hall–Kier alpha value is -2.49. The molecular weight excluding hydrogens is 264 g/mol. The highest BCUT2D eigenvalue weighted by Gasteiger charge is 2.15. The van der Waals surface area contributed by atoms with Crippen molar-refractivity contribution in [1.82, 2.24) is 10.1 Å². The Morgan fingerprint density at radius 2 is 1.90 bits per heavy atom. The minimum Gasteiger partial charge on any atom is -0.339 e. The lowest BCUT2D eigenvalue weighted by Gasteiger charge is -1.99. The molecule has 2 aromatic carbocycles. The fourth-order valence-corrected chi connectivity index (χ4v) is 2.13. The minimum atomic E-state index is -0.0268. The number of Topliss-reactive ketones (excluding diaryl/α,β-unsaturated/α-hetero) is 1. The third-order valence-corrected chi connectivity index (χ3v) is 3.45. The maximum atomic E-state index is 11.7. The molecule has 0 saturated carbocycles. The van der Waals surface area contributed by atoms with Crippen molar-refractivity contribution >= 4 is 16.6 Å². The van der Waals surface area contributed by atoms with Crippen LogP contribution in [0.5, 0.6) is 0 Å². The monoisotopic (exact) mass is 280 g/mol. The lowest BCUT2D eigenvalue weighted by atomic mass is 10.1. The number of rotatable bonds is 4. The number of hydrogen-bond donors (Lipinski definition) is 0. The van der Waals surface area contributed by atoms with Gasteiger partial charge in [-0.25, -0.2) is 0 Å². The number of benzene rings is 2. The van der Waals surface area contributed by atoms with Crippen LogP contribution in [0.25, 0.3) is 22.2 Å². The lowest BCUT2D eigenvalue weighted by molar-refractivity contribution is -0.121. The summed E-state index contributed by atoms with van der Waals surface area (Å²) in [6.45, 7) is 3.73. The Morgan fingerprint density at radius 1 is 1.14 bits per heavy atom. The van der Waals surface area contributed by atoms with Crippen molar-refractivity contribution in [2.75, 3.05) is 0 Å². The van der Waals surface area contributed by atoms with Crippen molar-refractivity contribution in [1.29, 1.82) is 0 Å². The number of fused-ring (bicyclic) bond motifs is 1. The second-order valence-corrected chi connectivity index (χ2v) is 5.37. The summed E-state index contributed by atoms with van der Waals surface area (Å²) in [6, 6.07) is 14.1. The Bertz CT molecular complexity index is 790. The summed E-state index contributed by atoms with van der Waals surface area (Å²) in [5.41, 5.74) is 0.890. The number of hydrogen-bond acceptors (Lipinski definition) is 4. The van der Waals surface area contributed by atoms with Crippen LogP contribution in [0.15, 0.2) is 47.0 Å². The molecule has 0 atom stereocenters. The number of carbonyl (C=O) groups is 1. The van der Waals surface area contributed by atoms with Gasteiger partial charge in [-0.1, -0.05) is 55.4 Å². The van der Waals surface area contributed by atoms with Gasteiger partial charge in [-0.15, -0.1) is 0 Å². The molecule has 4 nitrogen and oxygen atoms in total. The Labute approximate surface area is 122 Å². The van der Waals surface area contributed by atoms with E-state index < -0.39 is 0 Å². The normalized spacial score (nSPS) is 11.2. The first kappa shape index (κ1) is 13.5. The first-order valence-corrected chi connectivity index (χ1v) is 6.98. The average Bonchev–Trinajstić information content (AvgIpc) is 2.95. The Balaban J connectivity index is 1.89. The third-order valence-electron chi connectivity index (χ3n) is 3.45. The van der Waals surface area contributed by atoms with Gasteiger partial charge < -0.3 is 4.52 Å². The molecule has 0 amide bonds. The number of aromatic nitrogens is 2. The van der Waals surface area contributed by atoms with Crippen LogP contribution in [-0.2, 0) is 11.2 Å². The molecule has 21 heavy (non-hydrogen) atoms. The van der Waals surface area contributed by atoms with Crippen LogP contribution in [0.1, 0.15) is 19.7 Å². The molecule has 0 aliphatic rings. The molecule has 0 radical (unpaired) electrons. The summed E-state index contributed by atoms with van der Waals surface area (Å²) < 4.78 is 5.17. The van der Waals surface area contributed by atoms with Gasteiger partial charge in [-0.05, 0) is 16.8 Å². The third kappa shape index (κ3) is 2.84. The Morgan fingerprint density at radius 3 is 2.67 bits per heavy atom. The molecule has 1 aromatic heterocycles. The van der Waals surface area contributed by atoms with Crippen molar-refractivity contribution in [3.63, 3.8) is 0 Å². The van der Waals surface area contributed by atoms with Crippen molar-refractivity contribution in [3.05, 3.63) is 48.4 Å². The molecule has 0 unspecified atom stereocenters. The standard InChI is InChI=1S/C17H16N2O2/c1-11(2)15(20)10-16-18-17(19-21-16)14-8-7-12-5-3-4-6-13(12)9-14/h3-9,11H,10H2,1-2H3.